The van der Waals surface area contributed by atoms with Crippen LogP contribution in [0.2, 0.25) is 0 Å². The molecule has 0 spiro atoms. The Hall–Kier alpha value is -3.22. The highest BCUT2D eigenvalue weighted by Gasteiger charge is 2.08. The molecule has 26 heavy (non-hydrogen) atoms. The molecule has 2 aromatic carbocycles. The number of halogens is 2. The number of nitrogens with one attached hydrogen (secondary N) is 2. The van der Waals surface area contributed by atoms with E-state index in [0.717, 1.165) is 17.4 Å². The lowest BCUT2D eigenvalue weighted by molar-refractivity contribution is 0.586. The minimum absolute atomic E-state index is 0.144. The summed E-state index contributed by atoms with van der Waals surface area (Å²) in [5.41, 5.74) is 2.76. The Labute approximate surface area is 150 Å². The molecule has 0 aliphatic rings. The molecule has 0 unspecified atom stereocenters. The van der Waals surface area contributed by atoms with Gasteiger partial charge in [0.2, 0.25) is 5.95 Å². The minimum Gasteiger partial charge on any atom is -0.378 e. The Balaban J connectivity index is 1.81. The van der Waals surface area contributed by atoms with Gasteiger partial charge in [0.1, 0.15) is 17.5 Å². The third kappa shape index (κ3) is 4.24. The van der Waals surface area contributed by atoms with Crippen molar-refractivity contribution in [3.05, 3.63) is 65.9 Å². The zero-order chi connectivity index (χ0) is 18.7. The van der Waals surface area contributed by atoms with Crippen molar-refractivity contribution in [3.8, 4) is 0 Å². The van der Waals surface area contributed by atoms with Gasteiger partial charge >= 0.3 is 0 Å². The number of benzene rings is 2. The van der Waals surface area contributed by atoms with Gasteiger partial charge in [-0.2, -0.15) is 4.98 Å². The summed E-state index contributed by atoms with van der Waals surface area (Å²) in [5, 5.41) is 5.98. The predicted octanol–water partition coefficient (Wildman–Crippen LogP) is 4.62. The molecule has 1 aromatic heterocycles. The number of anilines is 5. The molecule has 0 atom stereocenters. The first-order valence-electron chi connectivity index (χ1n) is 8.03. The van der Waals surface area contributed by atoms with Gasteiger partial charge < -0.3 is 15.5 Å². The quantitative estimate of drug-likeness (QED) is 0.700. The van der Waals surface area contributed by atoms with E-state index in [4.69, 9.17) is 0 Å². The van der Waals surface area contributed by atoms with Gasteiger partial charge in [0, 0.05) is 43.3 Å². The molecular formula is C19H19F2N5. The molecule has 0 saturated heterocycles. The summed E-state index contributed by atoms with van der Waals surface area (Å²) in [4.78, 5) is 10.7. The van der Waals surface area contributed by atoms with Crippen LogP contribution in [0.15, 0.2) is 48.5 Å². The van der Waals surface area contributed by atoms with Crippen LogP contribution in [-0.4, -0.2) is 24.1 Å². The van der Waals surface area contributed by atoms with Gasteiger partial charge in [0.15, 0.2) is 0 Å². The van der Waals surface area contributed by atoms with E-state index in [1.807, 2.05) is 50.2 Å². The Kier molecular flexibility index (Phi) is 4.97. The Morgan fingerprint density at radius 1 is 0.885 bits per heavy atom. The smallest absolute Gasteiger partial charge is 0.229 e. The molecular weight excluding hydrogens is 336 g/mol. The van der Waals surface area contributed by atoms with Crippen LogP contribution in [0.3, 0.4) is 0 Å². The molecule has 2 N–H and O–H groups in total. The summed E-state index contributed by atoms with van der Waals surface area (Å²) in [6.07, 6.45) is 0. The van der Waals surface area contributed by atoms with E-state index in [0.29, 0.717) is 17.5 Å². The van der Waals surface area contributed by atoms with Crippen molar-refractivity contribution < 1.29 is 8.78 Å². The van der Waals surface area contributed by atoms with Gasteiger partial charge in [-0.3, -0.25) is 0 Å². The van der Waals surface area contributed by atoms with Gasteiger partial charge in [0.25, 0.3) is 0 Å². The number of nitrogens with zero attached hydrogens (tertiary/aromatic N) is 3. The molecule has 3 aromatic rings. The number of aryl methyl sites for hydroxylation is 1. The fourth-order valence-corrected chi connectivity index (χ4v) is 2.39. The van der Waals surface area contributed by atoms with Crippen molar-refractivity contribution in [2.75, 3.05) is 29.6 Å². The molecule has 3 rings (SSSR count). The second-order valence-electron chi connectivity index (χ2n) is 6.03. The molecule has 0 fully saturated rings. The van der Waals surface area contributed by atoms with Crippen LogP contribution in [-0.2, 0) is 0 Å². The first kappa shape index (κ1) is 17.6. The number of aromatic nitrogens is 2. The molecule has 1 heterocycles. The molecule has 0 bridgehead atoms. The molecule has 0 aliphatic heterocycles. The number of rotatable bonds is 5. The number of hydrogen-bond donors (Lipinski definition) is 2. The van der Waals surface area contributed by atoms with E-state index in [1.165, 1.54) is 12.1 Å². The minimum atomic E-state index is -0.685. The van der Waals surface area contributed by atoms with Crippen molar-refractivity contribution in [1.82, 2.24) is 9.97 Å². The molecule has 134 valence electrons. The Bertz CT molecular complexity index is 910. The summed E-state index contributed by atoms with van der Waals surface area (Å²) < 4.78 is 26.9. The highest BCUT2D eigenvalue weighted by Crippen LogP contribution is 2.23. The summed E-state index contributed by atoms with van der Waals surface area (Å²) in [7, 11) is 3.94. The van der Waals surface area contributed by atoms with Gasteiger partial charge in [-0.05, 0) is 43.3 Å². The van der Waals surface area contributed by atoms with Crippen molar-refractivity contribution in [2.24, 2.45) is 0 Å². The van der Waals surface area contributed by atoms with Crippen LogP contribution >= 0.6 is 0 Å². The molecule has 0 amide bonds. The third-order valence-corrected chi connectivity index (χ3v) is 3.69. The molecule has 5 nitrogen and oxygen atoms in total. The van der Waals surface area contributed by atoms with Crippen molar-refractivity contribution in [3.63, 3.8) is 0 Å². The largest absolute Gasteiger partial charge is 0.378 e. The molecule has 7 heteroatoms. The van der Waals surface area contributed by atoms with E-state index in [-0.39, 0.29) is 5.69 Å². The molecule has 0 radical (unpaired) electrons. The van der Waals surface area contributed by atoms with E-state index in [2.05, 4.69) is 20.6 Å². The SMILES string of the molecule is Cc1cc(Nc2ccc(F)cc2F)nc(Nc2ccc(N(C)C)cc2)n1. The normalized spacial score (nSPS) is 10.5. The fourth-order valence-electron chi connectivity index (χ4n) is 2.39. The number of hydrogen-bond acceptors (Lipinski definition) is 5. The Morgan fingerprint density at radius 2 is 1.62 bits per heavy atom. The van der Waals surface area contributed by atoms with Gasteiger partial charge in [-0.15, -0.1) is 0 Å². The van der Waals surface area contributed by atoms with Crippen molar-refractivity contribution in [1.29, 1.82) is 0 Å². The third-order valence-electron chi connectivity index (χ3n) is 3.69. The van der Waals surface area contributed by atoms with E-state index in [9.17, 15) is 8.78 Å². The maximum Gasteiger partial charge on any atom is 0.229 e. The summed E-state index contributed by atoms with van der Waals surface area (Å²) in [6.45, 7) is 1.81. The Morgan fingerprint density at radius 3 is 2.27 bits per heavy atom. The van der Waals surface area contributed by atoms with Crippen LogP contribution in [0.4, 0.5) is 37.6 Å². The maximum absolute atomic E-state index is 13.8. The van der Waals surface area contributed by atoms with E-state index < -0.39 is 11.6 Å². The standard InChI is InChI=1S/C19H19F2N5/c1-12-10-18(24-17-9-4-13(20)11-16(17)21)25-19(22-12)23-14-5-7-15(8-6-14)26(2)3/h4-11H,1-3H3,(H2,22,23,24,25). The van der Waals surface area contributed by atoms with Crippen LogP contribution in [0.5, 0.6) is 0 Å². The van der Waals surface area contributed by atoms with Crippen LogP contribution in [0.1, 0.15) is 5.69 Å². The topological polar surface area (TPSA) is 53.1 Å². The van der Waals surface area contributed by atoms with Gasteiger partial charge in [-0.25, -0.2) is 13.8 Å². The first-order chi connectivity index (χ1) is 12.4. The molecule has 0 saturated carbocycles. The zero-order valence-corrected chi connectivity index (χ0v) is 14.7. The lowest BCUT2D eigenvalue weighted by Crippen LogP contribution is -2.08. The summed E-state index contributed by atoms with van der Waals surface area (Å²) in [5.74, 6) is -0.520. The van der Waals surface area contributed by atoms with Crippen molar-refractivity contribution >= 4 is 28.8 Å². The van der Waals surface area contributed by atoms with E-state index in [1.54, 1.807) is 6.07 Å². The van der Waals surface area contributed by atoms with Gasteiger partial charge in [-0.1, -0.05) is 0 Å². The van der Waals surface area contributed by atoms with Crippen LogP contribution in [0, 0.1) is 18.6 Å². The predicted molar refractivity (Wildman–Crippen MR) is 100 cm³/mol. The van der Waals surface area contributed by atoms with Crippen molar-refractivity contribution in [2.45, 2.75) is 6.92 Å². The maximum atomic E-state index is 13.8. The zero-order valence-electron chi connectivity index (χ0n) is 14.7. The average Bonchev–Trinajstić information content (AvgIpc) is 2.57. The monoisotopic (exact) mass is 355 g/mol. The molecule has 0 aliphatic carbocycles. The lowest BCUT2D eigenvalue weighted by atomic mass is 10.2. The second kappa shape index (κ2) is 7.35. The average molecular weight is 355 g/mol. The highest BCUT2D eigenvalue weighted by atomic mass is 19.1. The summed E-state index contributed by atoms with van der Waals surface area (Å²) >= 11 is 0. The second-order valence-corrected chi connectivity index (χ2v) is 6.03. The van der Waals surface area contributed by atoms with Crippen LogP contribution < -0.4 is 15.5 Å². The highest BCUT2D eigenvalue weighted by molar-refractivity contribution is 5.62. The van der Waals surface area contributed by atoms with Gasteiger partial charge in [0.05, 0.1) is 5.69 Å². The lowest BCUT2D eigenvalue weighted by Gasteiger charge is -2.13. The summed E-state index contributed by atoms with van der Waals surface area (Å²) in [6, 6.07) is 12.8. The fraction of sp³-hybridized carbons (Fsp3) is 0.158. The van der Waals surface area contributed by atoms with Crippen LogP contribution in [0.25, 0.3) is 0 Å². The van der Waals surface area contributed by atoms with E-state index >= 15 is 0 Å². The first-order valence-corrected chi connectivity index (χ1v) is 8.03.